The monoisotopic (exact) mass is 334 g/mol. The van der Waals surface area contributed by atoms with Crippen LogP contribution in [0.4, 0.5) is 4.79 Å². The molecule has 0 aliphatic carbocycles. The lowest BCUT2D eigenvalue weighted by Crippen LogP contribution is -2.36. The Morgan fingerprint density at radius 3 is 2.60 bits per heavy atom. The van der Waals surface area contributed by atoms with Crippen molar-refractivity contribution in [1.29, 1.82) is 0 Å². The van der Waals surface area contributed by atoms with Crippen LogP contribution in [0, 0.1) is 0 Å². The van der Waals surface area contributed by atoms with Crippen LogP contribution in [0.1, 0.15) is 24.1 Å². The molecule has 0 bridgehead atoms. The van der Waals surface area contributed by atoms with E-state index in [2.05, 4.69) is 41.0 Å². The minimum atomic E-state index is -0.191. The van der Waals surface area contributed by atoms with Gasteiger partial charge in [-0.05, 0) is 47.0 Å². The molecule has 4 heteroatoms. The summed E-state index contributed by atoms with van der Waals surface area (Å²) in [5.74, 6) is 0.782. The third-order valence-electron chi connectivity index (χ3n) is 4.21. The quantitative estimate of drug-likeness (QED) is 0.726. The van der Waals surface area contributed by atoms with Crippen molar-refractivity contribution in [2.24, 2.45) is 0 Å². The number of benzene rings is 3. The van der Waals surface area contributed by atoms with E-state index >= 15 is 0 Å². The Kier molecular flexibility index (Phi) is 5.19. The van der Waals surface area contributed by atoms with Gasteiger partial charge in [0.15, 0.2) is 0 Å². The zero-order chi connectivity index (χ0) is 17.6. The summed E-state index contributed by atoms with van der Waals surface area (Å²) in [5.41, 5.74) is 2.07. The van der Waals surface area contributed by atoms with E-state index in [0.717, 1.165) is 16.9 Å². The third-order valence-corrected chi connectivity index (χ3v) is 4.21. The molecule has 3 aromatic carbocycles. The summed E-state index contributed by atoms with van der Waals surface area (Å²) in [7, 11) is 1.63. The molecule has 3 rings (SSSR count). The number of ether oxygens (including phenoxy) is 1. The van der Waals surface area contributed by atoms with Gasteiger partial charge in [0.2, 0.25) is 0 Å². The van der Waals surface area contributed by atoms with Crippen molar-refractivity contribution in [3.63, 3.8) is 0 Å². The Balaban J connectivity index is 1.59. The smallest absolute Gasteiger partial charge is 0.315 e. The van der Waals surface area contributed by atoms with Crippen LogP contribution in [-0.2, 0) is 6.54 Å². The molecule has 4 nitrogen and oxygen atoms in total. The second kappa shape index (κ2) is 7.71. The second-order valence-corrected chi connectivity index (χ2v) is 6.01. The number of hydrogen-bond donors (Lipinski definition) is 2. The normalized spacial score (nSPS) is 11.8. The number of hydrogen-bond acceptors (Lipinski definition) is 2. The standard InChI is InChI=1S/C21H22N2O2/c1-15(18-11-10-17-7-3-4-8-19(17)13-18)23-21(24)22-14-16-6-5-9-20(12-16)25-2/h3-13,15H,14H2,1-2H3,(H2,22,23,24)/t15-/m0/s1. The fourth-order valence-electron chi connectivity index (χ4n) is 2.77. The number of rotatable bonds is 5. The maximum Gasteiger partial charge on any atom is 0.315 e. The van der Waals surface area contributed by atoms with Crippen LogP contribution in [0.25, 0.3) is 10.8 Å². The van der Waals surface area contributed by atoms with Crippen LogP contribution < -0.4 is 15.4 Å². The first-order valence-electron chi connectivity index (χ1n) is 8.32. The Morgan fingerprint density at radius 2 is 1.80 bits per heavy atom. The van der Waals surface area contributed by atoms with E-state index in [4.69, 9.17) is 4.74 Å². The highest BCUT2D eigenvalue weighted by atomic mass is 16.5. The number of nitrogens with one attached hydrogen (secondary N) is 2. The predicted molar refractivity (Wildman–Crippen MR) is 101 cm³/mol. The molecular formula is C21H22N2O2. The molecule has 0 unspecified atom stereocenters. The summed E-state index contributed by atoms with van der Waals surface area (Å²) >= 11 is 0. The molecule has 0 aliphatic heterocycles. The van der Waals surface area contributed by atoms with E-state index in [1.807, 2.05) is 43.3 Å². The topological polar surface area (TPSA) is 50.4 Å². The van der Waals surface area contributed by atoms with Crippen molar-refractivity contribution < 1.29 is 9.53 Å². The zero-order valence-corrected chi connectivity index (χ0v) is 14.5. The molecule has 0 aliphatic rings. The van der Waals surface area contributed by atoms with Gasteiger partial charge in [-0.3, -0.25) is 0 Å². The highest BCUT2D eigenvalue weighted by Gasteiger charge is 2.10. The van der Waals surface area contributed by atoms with Crippen molar-refractivity contribution in [3.8, 4) is 5.75 Å². The summed E-state index contributed by atoms with van der Waals surface area (Å²) in [6.07, 6.45) is 0. The molecule has 128 valence electrons. The van der Waals surface area contributed by atoms with Crippen molar-refractivity contribution in [1.82, 2.24) is 10.6 Å². The second-order valence-electron chi connectivity index (χ2n) is 6.01. The average molecular weight is 334 g/mol. The molecule has 0 radical (unpaired) electrons. The van der Waals surface area contributed by atoms with Crippen LogP contribution >= 0.6 is 0 Å². The Labute approximate surface area is 147 Å². The molecule has 0 spiro atoms. The van der Waals surface area contributed by atoms with E-state index in [9.17, 15) is 4.79 Å². The number of methoxy groups -OCH3 is 1. The van der Waals surface area contributed by atoms with E-state index in [1.54, 1.807) is 7.11 Å². The minimum absolute atomic E-state index is 0.0742. The summed E-state index contributed by atoms with van der Waals surface area (Å²) < 4.78 is 5.19. The first kappa shape index (κ1) is 16.8. The number of amides is 2. The molecule has 2 N–H and O–H groups in total. The van der Waals surface area contributed by atoms with Gasteiger partial charge in [-0.1, -0.05) is 48.5 Å². The summed E-state index contributed by atoms with van der Waals surface area (Å²) in [5, 5.41) is 8.23. The molecule has 0 saturated heterocycles. The van der Waals surface area contributed by atoms with Crippen molar-refractivity contribution >= 4 is 16.8 Å². The first-order valence-corrected chi connectivity index (χ1v) is 8.32. The van der Waals surface area contributed by atoms with Crippen molar-refractivity contribution in [3.05, 3.63) is 77.9 Å². The van der Waals surface area contributed by atoms with Gasteiger partial charge in [-0.2, -0.15) is 0 Å². The van der Waals surface area contributed by atoms with E-state index < -0.39 is 0 Å². The van der Waals surface area contributed by atoms with Gasteiger partial charge in [0.25, 0.3) is 0 Å². The summed E-state index contributed by atoms with van der Waals surface area (Å²) in [6, 6.07) is 21.8. The summed E-state index contributed by atoms with van der Waals surface area (Å²) in [6.45, 7) is 2.43. The van der Waals surface area contributed by atoms with Gasteiger partial charge in [-0.25, -0.2) is 4.79 Å². The van der Waals surface area contributed by atoms with Gasteiger partial charge >= 0.3 is 6.03 Å². The fourth-order valence-corrected chi connectivity index (χ4v) is 2.77. The van der Waals surface area contributed by atoms with Gasteiger partial charge in [0, 0.05) is 6.54 Å². The number of fused-ring (bicyclic) bond motifs is 1. The van der Waals surface area contributed by atoms with Crippen LogP contribution in [0.2, 0.25) is 0 Å². The lowest BCUT2D eigenvalue weighted by Gasteiger charge is -2.16. The molecule has 0 fully saturated rings. The lowest BCUT2D eigenvalue weighted by atomic mass is 10.0. The predicted octanol–water partition coefficient (Wildman–Crippen LogP) is 4.41. The van der Waals surface area contributed by atoms with Crippen LogP contribution in [-0.4, -0.2) is 13.1 Å². The lowest BCUT2D eigenvalue weighted by molar-refractivity contribution is 0.237. The highest BCUT2D eigenvalue weighted by Crippen LogP contribution is 2.20. The maximum absolute atomic E-state index is 12.2. The Hall–Kier alpha value is -3.01. The summed E-state index contributed by atoms with van der Waals surface area (Å²) in [4.78, 5) is 12.2. The van der Waals surface area contributed by atoms with Gasteiger partial charge in [0.05, 0.1) is 13.2 Å². The average Bonchev–Trinajstić information content (AvgIpc) is 2.66. The number of urea groups is 1. The molecular weight excluding hydrogens is 312 g/mol. The molecule has 0 heterocycles. The Morgan fingerprint density at radius 1 is 1.00 bits per heavy atom. The van der Waals surface area contributed by atoms with Gasteiger partial charge < -0.3 is 15.4 Å². The highest BCUT2D eigenvalue weighted by molar-refractivity contribution is 5.83. The zero-order valence-electron chi connectivity index (χ0n) is 14.5. The Bertz CT molecular complexity index is 876. The molecule has 2 amide bonds. The number of carbonyl (C=O) groups excluding carboxylic acids is 1. The molecule has 25 heavy (non-hydrogen) atoms. The van der Waals surface area contributed by atoms with Gasteiger partial charge in [-0.15, -0.1) is 0 Å². The molecule has 0 saturated carbocycles. The first-order chi connectivity index (χ1) is 12.2. The minimum Gasteiger partial charge on any atom is -0.497 e. The maximum atomic E-state index is 12.2. The van der Waals surface area contributed by atoms with E-state index in [0.29, 0.717) is 6.54 Å². The van der Waals surface area contributed by atoms with Crippen LogP contribution in [0.5, 0.6) is 5.75 Å². The largest absolute Gasteiger partial charge is 0.497 e. The van der Waals surface area contributed by atoms with Gasteiger partial charge in [0.1, 0.15) is 5.75 Å². The van der Waals surface area contributed by atoms with E-state index in [-0.39, 0.29) is 12.1 Å². The molecule has 1 atom stereocenters. The van der Waals surface area contributed by atoms with Crippen molar-refractivity contribution in [2.75, 3.05) is 7.11 Å². The third kappa shape index (κ3) is 4.29. The SMILES string of the molecule is COc1cccc(CNC(=O)N[C@@H](C)c2ccc3ccccc3c2)c1. The van der Waals surface area contributed by atoms with E-state index in [1.165, 1.54) is 10.8 Å². The van der Waals surface area contributed by atoms with Crippen molar-refractivity contribution in [2.45, 2.75) is 19.5 Å². The van der Waals surface area contributed by atoms with Crippen LogP contribution in [0.15, 0.2) is 66.7 Å². The van der Waals surface area contributed by atoms with Crippen LogP contribution in [0.3, 0.4) is 0 Å². The molecule has 3 aromatic rings. The fraction of sp³-hybridized carbons (Fsp3) is 0.190. The molecule has 0 aromatic heterocycles. The number of carbonyl (C=O) groups is 1.